The van der Waals surface area contributed by atoms with Crippen LogP contribution < -0.4 is 5.32 Å². The van der Waals surface area contributed by atoms with Gasteiger partial charge in [0.25, 0.3) is 5.91 Å². The van der Waals surface area contributed by atoms with Gasteiger partial charge in [0.2, 0.25) is 11.7 Å². The molecular weight excluding hydrogens is 296 g/mol. The molecule has 8 heteroatoms. The summed E-state index contributed by atoms with van der Waals surface area (Å²) in [7, 11) is 0. The SMILES string of the molecule is O=C(c1ncn(C2CCCNC2)n1)N1CCN(C2CC2)C(=O)C1. The second kappa shape index (κ2) is 5.92. The summed E-state index contributed by atoms with van der Waals surface area (Å²) in [4.78, 5) is 32.3. The highest BCUT2D eigenvalue weighted by Gasteiger charge is 2.37. The first-order valence-corrected chi connectivity index (χ1v) is 8.43. The van der Waals surface area contributed by atoms with E-state index in [2.05, 4.69) is 15.4 Å². The second-order valence-corrected chi connectivity index (χ2v) is 6.59. The normalized spacial score (nSPS) is 25.7. The summed E-state index contributed by atoms with van der Waals surface area (Å²) in [6.07, 6.45) is 5.98. The summed E-state index contributed by atoms with van der Waals surface area (Å²) in [6.45, 7) is 3.23. The summed E-state index contributed by atoms with van der Waals surface area (Å²) in [5.41, 5.74) is 0. The molecule has 1 aromatic heterocycles. The van der Waals surface area contributed by atoms with Gasteiger partial charge in [-0.15, -0.1) is 5.10 Å². The van der Waals surface area contributed by atoms with Gasteiger partial charge in [-0.25, -0.2) is 9.67 Å². The van der Waals surface area contributed by atoms with E-state index in [4.69, 9.17) is 0 Å². The number of nitrogens with zero attached hydrogens (tertiary/aromatic N) is 5. The van der Waals surface area contributed by atoms with E-state index in [9.17, 15) is 9.59 Å². The molecule has 23 heavy (non-hydrogen) atoms. The molecule has 1 unspecified atom stereocenters. The summed E-state index contributed by atoms with van der Waals surface area (Å²) in [6, 6.07) is 0.669. The molecule has 0 spiro atoms. The summed E-state index contributed by atoms with van der Waals surface area (Å²) >= 11 is 0. The van der Waals surface area contributed by atoms with E-state index in [-0.39, 0.29) is 30.2 Å². The van der Waals surface area contributed by atoms with Crippen molar-refractivity contribution in [1.82, 2.24) is 29.9 Å². The highest BCUT2D eigenvalue weighted by molar-refractivity contribution is 5.94. The molecule has 1 aromatic rings. The van der Waals surface area contributed by atoms with Gasteiger partial charge in [0.05, 0.1) is 6.04 Å². The molecule has 3 aliphatic rings. The van der Waals surface area contributed by atoms with Crippen LogP contribution in [0.5, 0.6) is 0 Å². The summed E-state index contributed by atoms with van der Waals surface area (Å²) < 4.78 is 1.78. The van der Waals surface area contributed by atoms with E-state index < -0.39 is 0 Å². The minimum Gasteiger partial charge on any atom is -0.336 e. The number of hydrogen-bond donors (Lipinski definition) is 1. The van der Waals surface area contributed by atoms with Gasteiger partial charge >= 0.3 is 0 Å². The van der Waals surface area contributed by atoms with Crippen LogP contribution in [0, 0.1) is 0 Å². The zero-order valence-corrected chi connectivity index (χ0v) is 13.1. The van der Waals surface area contributed by atoms with Crippen LogP contribution >= 0.6 is 0 Å². The second-order valence-electron chi connectivity index (χ2n) is 6.59. The Morgan fingerprint density at radius 1 is 1.22 bits per heavy atom. The third-order valence-electron chi connectivity index (χ3n) is 4.88. The number of nitrogens with one attached hydrogen (secondary N) is 1. The Morgan fingerprint density at radius 2 is 2.09 bits per heavy atom. The van der Waals surface area contributed by atoms with Crippen LogP contribution in [0.1, 0.15) is 42.3 Å². The van der Waals surface area contributed by atoms with Crippen molar-refractivity contribution in [3.8, 4) is 0 Å². The molecular formula is C15H22N6O2. The van der Waals surface area contributed by atoms with Gasteiger partial charge < -0.3 is 15.1 Å². The quantitative estimate of drug-likeness (QED) is 0.823. The number of aromatic nitrogens is 3. The zero-order chi connectivity index (χ0) is 15.8. The Balaban J connectivity index is 1.41. The fraction of sp³-hybridized carbons (Fsp3) is 0.733. The van der Waals surface area contributed by atoms with Crippen molar-refractivity contribution in [3.05, 3.63) is 12.2 Å². The number of carbonyl (C=O) groups excluding carboxylic acids is 2. The predicted octanol–water partition coefficient (Wildman–Crippen LogP) is -0.351. The Hall–Kier alpha value is -1.96. The number of piperazine rings is 1. The lowest BCUT2D eigenvalue weighted by molar-refractivity contribution is -0.135. The van der Waals surface area contributed by atoms with E-state index in [1.165, 1.54) is 0 Å². The van der Waals surface area contributed by atoms with Crippen LogP contribution in [0.2, 0.25) is 0 Å². The predicted molar refractivity (Wildman–Crippen MR) is 81.8 cm³/mol. The molecule has 8 nitrogen and oxygen atoms in total. The first kappa shape index (κ1) is 14.6. The fourth-order valence-electron chi connectivity index (χ4n) is 3.38. The van der Waals surface area contributed by atoms with E-state index in [1.807, 2.05) is 4.90 Å². The van der Waals surface area contributed by atoms with Gasteiger partial charge in [-0.05, 0) is 32.2 Å². The lowest BCUT2D eigenvalue weighted by atomic mass is 10.1. The van der Waals surface area contributed by atoms with E-state index >= 15 is 0 Å². The van der Waals surface area contributed by atoms with Crippen LogP contribution in [0.3, 0.4) is 0 Å². The molecule has 2 aliphatic heterocycles. The van der Waals surface area contributed by atoms with Crippen molar-refractivity contribution in [2.75, 3.05) is 32.7 Å². The molecule has 1 N–H and O–H groups in total. The summed E-state index contributed by atoms with van der Waals surface area (Å²) in [5.74, 6) is 0.00238. The fourth-order valence-corrected chi connectivity index (χ4v) is 3.38. The van der Waals surface area contributed by atoms with Gasteiger partial charge in [-0.3, -0.25) is 9.59 Å². The monoisotopic (exact) mass is 318 g/mol. The number of piperidine rings is 1. The first-order valence-electron chi connectivity index (χ1n) is 8.43. The standard InChI is InChI=1S/C15H22N6O2/c22-13-9-19(6-7-20(13)11-3-4-11)15(23)14-17-10-21(18-14)12-2-1-5-16-8-12/h10-12,16H,1-9H2. The van der Waals surface area contributed by atoms with Gasteiger partial charge in [0.15, 0.2) is 0 Å². The minimum absolute atomic E-state index is 0.0445. The molecule has 1 atom stereocenters. The van der Waals surface area contributed by atoms with Crippen molar-refractivity contribution in [1.29, 1.82) is 0 Å². The maximum absolute atomic E-state index is 12.5. The molecule has 0 radical (unpaired) electrons. The van der Waals surface area contributed by atoms with Crippen molar-refractivity contribution in [2.24, 2.45) is 0 Å². The Bertz CT molecular complexity index is 605. The van der Waals surface area contributed by atoms with Gasteiger partial charge in [-0.1, -0.05) is 0 Å². The minimum atomic E-state index is -0.240. The maximum atomic E-state index is 12.5. The molecule has 4 rings (SSSR count). The van der Waals surface area contributed by atoms with Crippen molar-refractivity contribution in [2.45, 2.75) is 37.8 Å². The van der Waals surface area contributed by atoms with E-state index in [0.29, 0.717) is 19.1 Å². The lowest BCUT2D eigenvalue weighted by Gasteiger charge is -2.33. The molecule has 0 aromatic carbocycles. The number of carbonyl (C=O) groups is 2. The van der Waals surface area contributed by atoms with Gasteiger partial charge in [0.1, 0.15) is 12.9 Å². The lowest BCUT2D eigenvalue weighted by Crippen LogP contribution is -2.53. The topological polar surface area (TPSA) is 83.4 Å². The molecule has 3 heterocycles. The number of hydrogen-bond acceptors (Lipinski definition) is 5. The molecule has 1 saturated carbocycles. The van der Waals surface area contributed by atoms with Crippen LogP contribution in [0.15, 0.2) is 6.33 Å². The van der Waals surface area contributed by atoms with Gasteiger partial charge in [0, 0.05) is 25.7 Å². The number of amides is 2. The summed E-state index contributed by atoms with van der Waals surface area (Å²) in [5, 5.41) is 7.68. The van der Waals surface area contributed by atoms with Crippen LogP contribution in [-0.2, 0) is 4.79 Å². The average Bonchev–Trinajstić information content (AvgIpc) is 3.30. The highest BCUT2D eigenvalue weighted by atomic mass is 16.2. The van der Waals surface area contributed by atoms with Crippen molar-refractivity contribution < 1.29 is 9.59 Å². The smallest absolute Gasteiger partial charge is 0.294 e. The Kier molecular flexibility index (Phi) is 3.76. The molecule has 124 valence electrons. The van der Waals surface area contributed by atoms with E-state index in [1.54, 1.807) is 15.9 Å². The maximum Gasteiger partial charge on any atom is 0.294 e. The number of rotatable bonds is 3. The van der Waals surface area contributed by atoms with Crippen LogP contribution in [0.4, 0.5) is 0 Å². The van der Waals surface area contributed by atoms with Crippen molar-refractivity contribution in [3.63, 3.8) is 0 Å². The highest BCUT2D eigenvalue weighted by Crippen LogP contribution is 2.28. The van der Waals surface area contributed by atoms with Crippen molar-refractivity contribution >= 4 is 11.8 Å². The zero-order valence-electron chi connectivity index (χ0n) is 13.1. The van der Waals surface area contributed by atoms with Crippen LogP contribution in [0.25, 0.3) is 0 Å². The Morgan fingerprint density at radius 3 is 2.78 bits per heavy atom. The third kappa shape index (κ3) is 2.95. The van der Waals surface area contributed by atoms with Gasteiger partial charge in [-0.2, -0.15) is 0 Å². The Labute approximate surface area is 134 Å². The molecule has 1 aliphatic carbocycles. The average molecular weight is 318 g/mol. The molecule has 3 fully saturated rings. The van der Waals surface area contributed by atoms with E-state index in [0.717, 1.165) is 38.8 Å². The van der Waals surface area contributed by atoms with Crippen LogP contribution in [-0.4, -0.2) is 75.1 Å². The molecule has 0 bridgehead atoms. The molecule has 2 saturated heterocycles. The molecule has 2 amide bonds. The first-order chi connectivity index (χ1) is 11.2. The third-order valence-corrected chi connectivity index (χ3v) is 4.88. The largest absolute Gasteiger partial charge is 0.336 e.